The fourth-order valence-corrected chi connectivity index (χ4v) is 7.29. The maximum atomic E-state index is 14.0. The smallest absolute Gasteiger partial charge is 0.233 e. The molecular formula is C36H45NO4S2. The Morgan fingerprint density at radius 3 is 2.19 bits per heavy atom. The van der Waals surface area contributed by atoms with E-state index in [9.17, 15) is 4.79 Å². The SMILES string of the molecule is CO[C@@H](CC[C@H](C)[C@@H](OCc1ccccc1)[C@@H](C)C(=O)N1C(=S)SC[C@@H]1C(C)C)c1cccc(OCc2ccccc2)c1. The van der Waals surface area contributed by atoms with E-state index in [4.69, 9.17) is 26.4 Å². The summed E-state index contributed by atoms with van der Waals surface area (Å²) in [5.41, 5.74) is 3.29. The molecule has 1 saturated heterocycles. The van der Waals surface area contributed by atoms with E-state index in [1.54, 1.807) is 18.9 Å². The van der Waals surface area contributed by atoms with Crippen LogP contribution in [0.15, 0.2) is 84.9 Å². The molecule has 0 bridgehead atoms. The van der Waals surface area contributed by atoms with E-state index in [2.05, 4.69) is 57.2 Å². The van der Waals surface area contributed by atoms with Crippen molar-refractivity contribution in [3.8, 4) is 5.75 Å². The maximum Gasteiger partial charge on any atom is 0.233 e. The van der Waals surface area contributed by atoms with E-state index in [-0.39, 0.29) is 36.0 Å². The van der Waals surface area contributed by atoms with Crippen molar-refractivity contribution < 1.29 is 19.0 Å². The lowest BCUT2D eigenvalue weighted by Crippen LogP contribution is -2.48. The molecule has 230 valence electrons. The molecule has 1 aliphatic rings. The molecule has 0 saturated carbocycles. The van der Waals surface area contributed by atoms with Crippen LogP contribution in [0.1, 0.15) is 63.3 Å². The molecule has 0 N–H and O–H groups in total. The van der Waals surface area contributed by atoms with Gasteiger partial charge in [-0.15, -0.1) is 0 Å². The highest BCUT2D eigenvalue weighted by Crippen LogP contribution is 2.34. The number of rotatable bonds is 15. The van der Waals surface area contributed by atoms with Crippen molar-refractivity contribution in [2.75, 3.05) is 12.9 Å². The number of hydrogen-bond acceptors (Lipinski definition) is 6. The van der Waals surface area contributed by atoms with E-state index in [1.165, 1.54) is 0 Å². The van der Waals surface area contributed by atoms with Crippen LogP contribution in [0.3, 0.4) is 0 Å². The van der Waals surface area contributed by atoms with E-state index in [0.717, 1.165) is 41.0 Å². The largest absolute Gasteiger partial charge is 0.489 e. The second-order valence-corrected chi connectivity index (χ2v) is 13.4. The average Bonchev–Trinajstić information content (AvgIpc) is 3.42. The van der Waals surface area contributed by atoms with E-state index in [0.29, 0.717) is 23.5 Å². The normalized spacial score (nSPS) is 18.0. The van der Waals surface area contributed by atoms with Gasteiger partial charge in [0, 0.05) is 18.9 Å². The standard InChI is InChI=1S/C36H45NO4S2/c1-25(2)32-24-43-36(42)37(32)35(38)27(4)34(41-23-29-15-10-7-11-16-29)26(3)19-20-33(39-5)30-17-12-18-31(21-30)40-22-28-13-8-6-9-14-28/h6-18,21,25-27,32-34H,19-20,22-24H2,1-5H3/t26-,27+,32+,33-,34+/m0/s1. The summed E-state index contributed by atoms with van der Waals surface area (Å²) in [5.74, 6) is 1.83. The van der Waals surface area contributed by atoms with Crippen LogP contribution < -0.4 is 4.74 Å². The van der Waals surface area contributed by atoms with Crippen LogP contribution in [0.25, 0.3) is 0 Å². The topological polar surface area (TPSA) is 48.0 Å². The Hall–Kier alpha value is -2.71. The summed E-state index contributed by atoms with van der Waals surface area (Å²) in [6, 6.07) is 28.6. The molecule has 4 rings (SSSR count). The predicted molar refractivity (Wildman–Crippen MR) is 180 cm³/mol. The molecule has 3 aromatic rings. The highest BCUT2D eigenvalue weighted by atomic mass is 32.2. The zero-order valence-electron chi connectivity index (χ0n) is 26.0. The van der Waals surface area contributed by atoms with Crippen molar-refractivity contribution in [1.82, 2.24) is 4.90 Å². The van der Waals surface area contributed by atoms with E-state index in [1.807, 2.05) is 60.4 Å². The van der Waals surface area contributed by atoms with Gasteiger partial charge < -0.3 is 14.2 Å². The molecule has 0 spiro atoms. The summed E-state index contributed by atoms with van der Waals surface area (Å²) >= 11 is 7.24. The molecule has 3 aromatic carbocycles. The Morgan fingerprint density at radius 1 is 0.907 bits per heavy atom. The Kier molecular flexibility index (Phi) is 12.6. The van der Waals surface area contributed by atoms with Crippen LogP contribution in [0, 0.1) is 17.8 Å². The fraction of sp³-hybridized carbons (Fsp3) is 0.444. The van der Waals surface area contributed by atoms with Gasteiger partial charge in [0.2, 0.25) is 5.91 Å². The molecule has 7 heteroatoms. The Balaban J connectivity index is 1.45. The van der Waals surface area contributed by atoms with Gasteiger partial charge in [0.1, 0.15) is 16.7 Å². The number of nitrogens with zero attached hydrogens (tertiary/aromatic N) is 1. The monoisotopic (exact) mass is 619 g/mol. The lowest BCUT2D eigenvalue weighted by Gasteiger charge is -2.34. The number of hydrogen-bond donors (Lipinski definition) is 0. The first-order valence-electron chi connectivity index (χ1n) is 15.2. The first-order chi connectivity index (χ1) is 20.8. The lowest BCUT2D eigenvalue weighted by molar-refractivity contribution is -0.140. The molecular weight excluding hydrogens is 575 g/mol. The number of carbonyl (C=O) groups excluding carboxylic acids is 1. The van der Waals surface area contributed by atoms with E-state index < -0.39 is 0 Å². The summed E-state index contributed by atoms with van der Waals surface area (Å²) in [4.78, 5) is 15.8. The van der Waals surface area contributed by atoms with Crippen LogP contribution in [-0.2, 0) is 27.5 Å². The summed E-state index contributed by atoms with van der Waals surface area (Å²) in [6.07, 6.45) is 1.25. The summed E-state index contributed by atoms with van der Waals surface area (Å²) in [7, 11) is 1.75. The van der Waals surface area contributed by atoms with Crippen molar-refractivity contribution in [2.45, 2.75) is 72.0 Å². The first-order valence-corrected chi connectivity index (χ1v) is 16.6. The predicted octanol–water partition coefficient (Wildman–Crippen LogP) is 8.48. The molecule has 1 heterocycles. The van der Waals surface area contributed by atoms with Crippen molar-refractivity contribution in [3.05, 3.63) is 102 Å². The molecule has 5 atom stereocenters. The van der Waals surface area contributed by atoms with Gasteiger partial charge >= 0.3 is 0 Å². The van der Waals surface area contributed by atoms with Crippen LogP contribution in [-0.4, -0.2) is 40.1 Å². The quantitative estimate of drug-likeness (QED) is 0.159. The van der Waals surface area contributed by atoms with Gasteiger partial charge in [-0.25, -0.2) is 0 Å². The molecule has 0 unspecified atom stereocenters. The van der Waals surface area contributed by atoms with Crippen LogP contribution >= 0.6 is 24.0 Å². The lowest BCUT2D eigenvalue weighted by atomic mass is 9.87. The zero-order valence-corrected chi connectivity index (χ0v) is 27.6. The number of benzene rings is 3. The van der Waals surface area contributed by atoms with Gasteiger partial charge in [-0.3, -0.25) is 9.69 Å². The molecule has 5 nitrogen and oxygen atoms in total. The van der Waals surface area contributed by atoms with Crippen molar-refractivity contribution >= 4 is 34.2 Å². The minimum absolute atomic E-state index is 0.0603. The second-order valence-electron chi connectivity index (χ2n) is 11.8. The third-order valence-corrected chi connectivity index (χ3v) is 9.79. The second kappa shape index (κ2) is 16.4. The average molecular weight is 620 g/mol. The number of amides is 1. The van der Waals surface area contributed by atoms with Gasteiger partial charge in [-0.05, 0) is 53.5 Å². The third-order valence-electron chi connectivity index (χ3n) is 8.29. The minimum atomic E-state index is -0.340. The highest BCUT2D eigenvalue weighted by Gasteiger charge is 2.41. The third kappa shape index (κ3) is 9.15. The molecule has 1 aliphatic heterocycles. The van der Waals surface area contributed by atoms with Gasteiger partial charge in [0.05, 0.1) is 24.7 Å². The molecule has 1 fully saturated rings. The molecule has 43 heavy (non-hydrogen) atoms. The van der Waals surface area contributed by atoms with Crippen LogP contribution in [0.4, 0.5) is 0 Å². The van der Waals surface area contributed by atoms with Crippen LogP contribution in [0.2, 0.25) is 0 Å². The molecule has 0 aromatic heterocycles. The van der Waals surface area contributed by atoms with Gasteiger partial charge in [0.15, 0.2) is 0 Å². The van der Waals surface area contributed by atoms with Crippen molar-refractivity contribution in [3.63, 3.8) is 0 Å². The van der Waals surface area contributed by atoms with Crippen LogP contribution in [0.5, 0.6) is 5.75 Å². The van der Waals surface area contributed by atoms with Gasteiger partial charge in [-0.2, -0.15) is 0 Å². The van der Waals surface area contributed by atoms with Crippen molar-refractivity contribution in [2.24, 2.45) is 17.8 Å². The number of carbonyl (C=O) groups is 1. The molecule has 0 radical (unpaired) electrons. The summed E-state index contributed by atoms with van der Waals surface area (Å²) in [5, 5.41) is 0. The van der Waals surface area contributed by atoms with E-state index >= 15 is 0 Å². The Morgan fingerprint density at radius 2 is 1.56 bits per heavy atom. The Bertz CT molecular complexity index is 1300. The zero-order chi connectivity index (χ0) is 30.8. The van der Waals surface area contributed by atoms with Gasteiger partial charge in [-0.1, -0.05) is 124 Å². The Labute approximate surface area is 267 Å². The summed E-state index contributed by atoms with van der Waals surface area (Å²) in [6.45, 7) is 9.46. The molecule has 0 aliphatic carbocycles. The molecule has 1 amide bonds. The number of methoxy groups -OCH3 is 1. The van der Waals surface area contributed by atoms with Gasteiger partial charge in [0.25, 0.3) is 0 Å². The highest BCUT2D eigenvalue weighted by molar-refractivity contribution is 8.23. The first kappa shape index (κ1) is 33.2. The maximum absolute atomic E-state index is 14.0. The number of thioether (sulfide) groups is 1. The van der Waals surface area contributed by atoms with Crippen molar-refractivity contribution in [1.29, 1.82) is 0 Å². The summed E-state index contributed by atoms with van der Waals surface area (Å²) < 4.78 is 19.3. The number of thiocarbonyl (C=S) groups is 1. The number of ether oxygens (including phenoxy) is 3. The minimum Gasteiger partial charge on any atom is -0.489 e. The fourth-order valence-electron chi connectivity index (χ4n) is 5.65.